The Labute approximate surface area is 117 Å². The number of nitrogens with zero attached hydrogens (tertiary/aromatic N) is 2. The highest BCUT2D eigenvalue weighted by Gasteiger charge is 2.18. The Kier molecular flexibility index (Phi) is 3.00. The van der Waals surface area contributed by atoms with Crippen molar-refractivity contribution in [2.75, 3.05) is 11.6 Å². The van der Waals surface area contributed by atoms with Crippen molar-refractivity contribution in [3.63, 3.8) is 0 Å². The lowest BCUT2D eigenvalue weighted by Gasteiger charge is -2.05. The number of hydrogen-bond acceptors (Lipinski definition) is 6. The number of benzene rings is 1. The number of fused-ring (bicyclic) bond motifs is 2. The minimum Gasteiger partial charge on any atom is -0.352 e. The van der Waals surface area contributed by atoms with E-state index in [2.05, 4.69) is 10.3 Å². The molecule has 1 N–H and O–H groups in total. The number of anilines is 2. The molecule has 0 saturated heterocycles. The number of thiophene rings is 1. The molecule has 1 aliphatic rings. The molecular formula is C12H9N3O2S2. The molecule has 19 heavy (non-hydrogen) atoms. The molecule has 1 aromatic carbocycles. The molecule has 0 atom stereocenters. The first kappa shape index (κ1) is 12.2. The lowest BCUT2D eigenvalue weighted by Crippen LogP contribution is -1.94. The molecule has 0 saturated carbocycles. The summed E-state index contributed by atoms with van der Waals surface area (Å²) in [5, 5.41) is 19.0. The van der Waals surface area contributed by atoms with Crippen molar-refractivity contribution in [2.45, 2.75) is 0 Å². The molecule has 0 amide bonds. The van der Waals surface area contributed by atoms with E-state index >= 15 is 0 Å². The normalized spacial score (nSPS) is 12.8. The van der Waals surface area contributed by atoms with Crippen molar-refractivity contribution in [3.8, 4) is 0 Å². The Morgan fingerprint density at radius 1 is 1.37 bits per heavy atom. The lowest BCUT2D eigenvalue weighted by atomic mass is 10.2. The molecule has 0 spiro atoms. The van der Waals surface area contributed by atoms with Gasteiger partial charge in [-0.2, -0.15) is 0 Å². The molecule has 0 aliphatic carbocycles. The summed E-state index contributed by atoms with van der Waals surface area (Å²) in [5.74, 6) is 0. The smallest absolute Gasteiger partial charge is 0.271 e. The molecule has 1 aromatic heterocycles. The number of nitro groups is 1. The number of thioether (sulfide) groups is 1. The van der Waals surface area contributed by atoms with Crippen molar-refractivity contribution in [2.24, 2.45) is 4.99 Å². The van der Waals surface area contributed by atoms with E-state index in [4.69, 9.17) is 0 Å². The standard InChI is InChI=1S/C12H9N3O2S2/c1-18-12-8-5-19-6-11(8)13-10-4-7(15(16)17)2-3-9(10)14-12/h2-6,13H,1H3. The van der Waals surface area contributed by atoms with Crippen LogP contribution >= 0.6 is 23.1 Å². The molecule has 0 radical (unpaired) electrons. The summed E-state index contributed by atoms with van der Waals surface area (Å²) in [6.07, 6.45) is 1.97. The predicted molar refractivity (Wildman–Crippen MR) is 80.4 cm³/mol. The molecule has 0 unspecified atom stereocenters. The molecular weight excluding hydrogens is 282 g/mol. The molecule has 0 fully saturated rings. The molecule has 0 bridgehead atoms. The van der Waals surface area contributed by atoms with Gasteiger partial charge in [0.2, 0.25) is 0 Å². The third kappa shape index (κ3) is 2.11. The maximum Gasteiger partial charge on any atom is 0.271 e. The van der Waals surface area contributed by atoms with E-state index in [-0.39, 0.29) is 5.69 Å². The van der Waals surface area contributed by atoms with Crippen LogP contribution in [0.15, 0.2) is 34.0 Å². The average Bonchev–Trinajstić information content (AvgIpc) is 2.79. The Morgan fingerprint density at radius 3 is 2.95 bits per heavy atom. The van der Waals surface area contributed by atoms with Crippen molar-refractivity contribution >= 4 is 50.9 Å². The van der Waals surface area contributed by atoms with Crippen LogP contribution in [0.4, 0.5) is 22.7 Å². The third-order valence-corrected chi connectivity index (χ3v) is 4.21. The summed E-state index contributed by atoms with van der Waals surface area (Å²) in [6.45, 7) is 0. The second-order valence-corrected chi connectivity index (χ2v) is 5.44. The highest BCUT2D eigenvalue weighted by Crippen LogP contribution is 2.39. The van der Waals surface area contributed by atoms with Crippen LogP contribution in [-0.4, -0.2) is 16.2 Å². The number of aliphatic imine (C=N–C) groups is 1. The highest BCUT2D eigenvalue weighted by atomic mass is 32.2. The summed E-state index contributed by atoms with van der Waals surface area (Å²) < 4.78 is 0. The van der Waals surface area contributed by atoms with Gasteiger partial charge in [-0.25, -0.2) is 4.99 Å². The van der Waals surface area contributed by atoms with Gasteiger partial charge in [-0.1, -0.05) is 0 Å². The van der Waals surface area contributed by atoms with E-state index in [9.17, 15) is 10.1 Å². The Hall–Kier alpha value is -1.86. The summed E-state index contributed by atoms with van der Waals surface area (Å²) >= 11 is 3.14. The SMILES string of the molecule is CSC1=Nc2ccc([N+](=O)[O-])cc2Nc2cscc21. The van der Waals surface area contributed by atoms with E-state index in [1.165, 1.54) is 12.1 Å². The third-order valence-electron chi connectivity index (χ3n) is 2.77. The minimum atomic E-state index is -0.402. The lowest BCUT2D eigenvalue weighted by molar-refractivity contribution is -0.384. The molecule has 3 rings (SSSR count). The molecule has 2 aromatic rings. The van der Waals surface area contributed by atoms with Crippen LogP contribution < -0.4 is 5.32 Å². The minimum absolute atomic E-state index is 0.0610. The summed E-state index contributed by atoms with van der Waals surface area (Å²) in [5.41, 5.74) is 3.42. The van der Waals surface area contributed by atoms with E-state index in [1.54, 1.807) is 29.2 Å². The van der Waals surface area contributed by atoms with Crippen molar-refractivity contribution in [3.05, 3.63) is 44.6 Å². The summed E-state index contributed by atoms with van der Waals surface area (Å²) in [6, 6.07) is 4.66. The van der Waals surface area contributed by atoms with Crippen LogP contribution in [0.2, 0.25) is 0 Å². The highest BCUT2D eigenvalue weighted by molar-refractivity contribution is 8.13. The van der Waals surface area contributed by atoms with Crippen molar-refractivity contribution in [1.82, 2.24) is 0 Å². The van der Waals surface area contributed by atoms with Gasteiger partial charge in [0.15, 0.2) is 0 Å². The largest absolute Gasteiger partial charge is 0.352 e. The van der Waals surface area contributed by atoms with Crippen LogP contribution in [0.1, 0.15) is 5.56 Å². The second kappa shape index (κ2) is 4.67. The van der Waals surface area contributed by atoms with Gasteiger partial charge in [0.25, 0.3) is 5.69 Å². The van der Waals surface area contributed by atoms with E-state index in [1.807, 2.05) is 17.0 Å². The van der Waals surface area contributed by atoms with Crippen LogP contribution in [-0.2, 0) is 0 Å². The number of nitro benzene ring substituents is 1. The van der Waals surface area contributed by atoms with Gasteiger partial charge in [-0.15, -0.1) is 23.1 Å². The fraction of sp³-hybridized carbons (Fsp3) is 0.0833. The van der Waals surface area contributed by atoms with Crippen LogP contribution in [0, 0.1) is 10.1 Å². The van der Waals surface area contributed by atoms with Gasteiger partial charge in [-0.3, -0.25) is 10.1 Å². The van der Waals surface area contributed by atoms with Crippen LogP contribution in [0.3, 0.4) is 0 Å². The first-order chi connectivity index (χ1) is 9.19. The van der Waals surface area contributed by atoms with Crippen LogP contribution in [0.25, 0.3) is 0 Å². The molecule has 2 heterocycles. The summed E-state index contributed by atoms with van der Waals surface area (Å²) in [7, 11) is 0. The molecule has 96 valence electrons. The van der Waals surface area contributed by atoms with Crippen LogP contribution in [0.5, 0.6) is 0 Å². The fourth-order valence-electron chi connectivity index (χ4n) is 1.86. The number of hydrogen-bond donors (Lipinski definition) is 1. The Morgan fingerprint density at radius 2 is 2.21 bits per heavy atom. The maximum absolute atomic E-state index is 10.8. The topological polar surface area (TPSA) is 67.5 Å². The number of non-ortho nitro benzene ring substituents is 1. The van der Waals surface area contributed by atoms with Gasteiger partial charge in [-0.05, 0) is 12.3 Å². The van der Waals surface area contributed by atoms with Gasteiger partial charge in [0.1, 0.15) is 5.04 Å². The number of rotatable bonds is 1. The van der Waals surface area contributed by atoms with Crippen molar-refractivity contribution in [1.29, 1.82) is 0 Å². The Balaban J connectivity index is 2.18. The molecule has 7 heteroatoms. The average molecular weight is 291 g/mol. The quantitative estimate of drug-likeness (QED) is 0.633. The number of nitrogens with one attached hydrogen (secondary N) is 1. The van der Waals surface area contributed by atoms with Crippen molar-refractivity contribution < 1.29 is 4.92 Å². The van der Waals surface area contributed by atoms with Gasteiger partial charge < -0.3 is 5.32 Å². The zero-order valence-corrected chi connectivity index (χ0v) is 11.5. The first-order valence-electron chi connectivity index (χ1n) is 5.44. The van der Waals surface area contributed by atoms with E-state index in [0.29, 0.717) is 5.69 Å². The fourth-order valence-corrected chi connectivity index (χ4v) is 3.28. The first-order valence-corrected chi connectivity index (χ1v) is 7.60. The van der Waals surface area contributed by atoms with Gasteiger partial charge in [0, 0.05) is 28.5 Å². The van der Waals surface area contributed by atoms with E-state index < -0.39 is 4.92 Å². The van der Waals surface area contributed by atoms with Gasteiger partial charge >= 0.3 is 0 Å². The van der Waals surface area contributed by atoms with Gasteiger partial charge in [0.05, 0.1) is 22.0 Å². The summed E-state index contributed by atoms with van der Waals surface area (Å²) in [4.78, 5) is 15.0. The predicted octanol–water partition coefficient (Wildman–Crippen LogP) is 4.15. The zero-order valence-electron chi connectivity index (χ0n) is 9.91. The monoisotopic (exact) mass is 291 g/mol. The zero-order chi connectivity index (χ0) is 13.4. The van der Waals surface area contributed by atoms with E-state index in [0.717, 1.165) is 22.0 Å². The second-order valence-electron chi connectivity index (χ2n) is 3.90. The maximum atomic E-state index is 10.8. The Bertz CT molecular complexity index is 694. The molecule has 1 aliphatic heterocycles. The molecule has 5 nitrogen and oxygen atoms in total.